The summed E-state index contributed by atoms with van der Waals surface area (Å²) in [6.45, 7) is 5.62. The Bertz CT molecular complexity index is 353. The van der Waals surface area contributed by atoms with Crippen molar-refractivity contribution in [3.05, 3.63) is 42.3 Å². The fourth-order valence-corrected chi connectivity index (χ4v) is 1.52. The van der Waals surface area contributed by atoms with Crippen molar-refractivity contribution < 1.29 is 18.6 Å². The Hall–Kier alpha value is -1.00. The minimum absolute atomic E-state index is 0.0177. The average molecular weight is 243 g/mol. The van der Waals surface area contributed by atoms with Gasteiger partial charge in [0.2, 0.25) is 0 Å². The van der Waals surface area contributed by atoms with E-state index in [9.17, 15) is 8.78 Å². The lowest BCUT2D eigenvalue weighted by molar-refractivity contribution is 0.000754. The first-order valence-corrected chi connectivity index (χ1v) is 5.54. The van der Waals surface area contributed by atoms with E-state index in [0.717, 1.165) is 6.07 Å². The van der Waals surface area contributed by atoms with Gasteiger partial charge in [-0.15, -0.1) is 0 Å². The predicted octanol–water partition coefficient (Wildman–Crippen LogP) is 2.70. The second kappa shape index (κ2) is 6.67. The zero-order valence-corrected chi connectivity index (χ0v) is 9.83. The predicted molar refractivity (Wildman–Crippen MR) is 61.2 cm³/mol. The molecule has 0 aliphatic heterocycles. The summed E-state index contributed by atoms with van der Waals surface area (Å²) < 4.78 is 31.7. The first kappa shape index (κ1) is 14.1. The van der Waals surface area contributed by atoms with Crippen LogP contribution in [0, 0.1) is 24.5 Å². The van der Waals surface area contributed by atoms with Gasteiger partial charge in [-0.05, 0) is 25.3 Å². The molecule has 0 amide bonds. The van der Waals surface area contributed by atoms with E-state index in [1.807, 2.05) is 6.92 Å². The van der Waals surface area contributed by atoms with Gasteiger partial charge in [0.05, 0.1) is 12.7 Å². The molecular formula is C13H17F2O2. The number of rotatable bonds is 6. The molecule has 0 fully saturated rings. The number of ether oxygens (including phenoxy) is 1. The zero-order chi connectivity index (χ0) is 12.8. The van der Waals surface area contributed by atoms with Crippen LogP contribution in [0.2, 0.25) is 0 Å². The Balaban J connectivity index is 2.62. The van der Waals surface area contributed by atoms with Crippen LogP contribution >= 0.6 is 0 Å². The maximum atomic E-state index is 13.3. The summed E-state index contributed by atoms with van der Waals surface area (Å²) >= 11 is 0. The monoisotopic (exact) mass is 243 g/mol. The first-order valence-electron chi connectivity index (χ1n) is 5.54. The van der Waals surface area contributed by atoms with Gasteiger partial charge in [-0.25, -0.2) is 8.78 Å². The van der Waals surface area contributed by atoms with Crippen LogP contribution in [-0.4, -0.2) is 17.8 Å². The van der Waals surface area contributed by atoms with Gasteiger partial charge in [0.15, 0.2) is 11.6 Å². The maximum absolute atomic E-state index is 13.3. The third-order valence-corrected chi connectivity index (χ3v) is 2.53. The van der Waals surface area contributed by atoms with E-state index in [4.69, 9.17) is 9.84 Å². The van der Waals surface area contributed by atoms with E-state index < -0.39 is 11.6 Å². The Morgan fingerprint density at radius 1 is 1.41 bits per heavy atom. The highest BCUT2D eigenvalue weighted by Crippen LogP contribution is 2.16. The first-order chi connectivity index (χ1) is 8.06. The molecule has 0 bridgehead atoms. The molecule has 1 N–H and O–H groups in total. The van der Waals surface area contributed by atoms with Crippen molar-refractivity contribution in [2.75, 3.05) is 6.61 Å². The van der Waals surface area contributed by atoms with Gasteiger partial charge in [0.1, 0.15) is 0 Å². The molecule has 0 aliphatic rings. The lowest BCUT2D eigenvalue weighted by Gasteiger charge is -2.20. The lowest BCUT2D eigenvalue weighted by atomic mass is 10.0. The Morgan fingerprint density at radius 2 is 2.12 bits per heavy atom. The van der Waals surface area contributed by atoms with E-state index in [1.54, 1.807) is 0 Å². The summed E-state index contributed by atoms with van der Waals surface area (Å²) in [5.74, 6) is -1.79. The van der Waals surface area contributed by atoms with E-state index in [2.05, 4.69) is 6.92 Å². The van der Waals surface area contributed by atoms with Crippen LogP contribution in [0.1, 0.15) is 18.9 Å². The van der Waals surface area contributed by atoms with Crippen molar-refractivity contribution in [2.24, 2.45) is 5.92 Å². The molecule has 4 heteroatoms. The fourth-order valence-electron chi connectivity index (χ4n) is 1.52. The van der Waals surface area contributed by atoms with Crippen LogP contribution in [0.25, 0.3) is 0 Å². The molecule has 0 saturated heterocycles. The Morgan fingerprint density at radius 3 is 2.71 bits per heavy atom. The smallest absolute Gasteiger partial charge is 0.164 e. The SMILES string of the molecule is [CH2]C(C)C(CCO)OCc1cccc(F)c1F. The number of aliphatic hydroxyl groups excluding tert-OH is 1. The molecule has 2 unspecified atom stereocenters. The van der Waals surface area contributed by atoms with Crippen molar-refractivity contribution >= 4 is 0 Å². The summed E-state index contributed by atoms with van der Waals surface area (Å²) in [6, 6.07) is 3.97. The second-order valence-corrected chi connectivity index (χ2v) is 4.05. The molecule has 0 spiro atoms. The zero-order valence-electron chi connectivity index (χ0n) is 9.83. The van der Waals surface area contributed by atoms with E-state index in [-0.39, 0.29) is 30.8 Å². The third-order valence-electron chi connectivity index (χ3n) is 2.53. The van der Waals surface area contributed by atoms with Gasteiger partial charge >= 0.3 is 0 Å². The van der Waals surface area contributed by atoms with Crippen LogP contribution in [0.15, 0.2) is 18.2 Å². The van der Waals surface area contributed by atoms with Crippen LogP contribution in [0.5, 0.6) is 0 Å². The molecule has 0 heterocycles. The van der Waals surface area contributed by atoms with Gasteiger partial charge in [-0.1, -0.05) is 19.1 Å². The minimum Gasteiger partial charge on any atom is -0.396 e. The molecule has 1 rings (SSSR count). The highest BCUT2D eigenvalue weighted by molar-refractivity contribution is 5.18. The lowest BCUT2D eigenvalue weighted by Crippen LogP contribution is -2.21. The second-order valence-electron chi connectivity index (χ2n) is 4.05. The molecule has 0 aromatic heterocycles. The quantitative estimate of drug-likeness (QED) is 0.832. The van der Waals surface area contributed by atoms with Gasteiger partial charge < -0.3 is 9.84 Å². The maximum Gasteiger partial charge on any atom is 0.164 e. The van der Waals surface area contributed by atoms with Gasteiger partial charge in [0, 0.05) is 12.2 Å². The summed E-state index contributed by atoms with van der Waals surface area (Å²) in [5.41, 5.74) is 0.175. The molecule has 95 valence electrons. The summed E-state index contributed by atoms with van der Waals surface area (Å²) in [5, 5.41) is 8.84. The summed E-state index contributed by atoms with van der Waals surface area (Å²) in [7, 11) is 0. The largest absolute Gasteiger partial charge is 0.396 e. The van der Waals surface area contributed by atoms with Gasteiger partial charge in [-0.3, -0.25) is 0 Å². The standard InChI is InChI=1S/C13H17F2O2/c1-9(2)12(6-7-16)17-8-10-4-3-5-11(14)13(10)15/h3-5,9,12,16H,1,6-8H2,2H3. The van der Waals surface area contributed by atoms with Crippen LogP contribution in [0.4, 0.5) is 8.78 Å². The van der Waals surface area contributed by atoms with E-state index in [0.29, 0.717) is 6.42 Å². The highest BCUT2D eigenvalue weighted by Gasteiger charge is 2.15. The van der Waals surface area contributed by atoms with Crippen molar-refractivity contribution in [2.45, 2.75) is 26.1 Å². The van der Waals surface area contributed by atoms with Crippen molar-refractivity contribution in [3.8, 4) is 0 Å². The number of halogens is 2. The van der Waals surface area contributed by atoms with E-state index >= 15 is 0 Å². The number of aliphatic hydroxyl groups is 1. The number of hydrogen-bond acceptors (Lipinski definition) is 2. The molecule has 2 atom stereocenters. The summed E-state index contributed by atoms with van der Waals surface area (Å²) in [4.78, 5) is 0. The normalized spacial score (nSPS) is 13.1. The Labute approximate surface area is 100 Å². The molecule has 17 heavy (non-hydrogen) atoms. The highest BCUT2D eigenvalue weighted by atomic mass is 19.2. The third kappa shape index (κ3) is 4.06. The summed E-state index contributed by atoms with van der Waals surface area (Å²) in [6.07, 6.45) is 0.171. The number of hydrogen-bond donors (Lipinski definition) is 1. The van der Waals surface area contributed by atoms with Crippen LogP contribution < -0.4 is 0 Å². The average Bonchev–Trinajstić information content (AvgIpc) is 2.29. The van der Waals surface area contributed by atoms with E-state index in [1.165, 1.54) is 12.1 Å². The van der Waals surface area contributed by atoms with Gasteiger partial charge in [0.25, 0.3) is 0 Å². The van der Waals surface area contributed by atoms with Crippen molar-refractivity contribution in [3.63, 3.8) is 0 Å². The molecule has 1 aromatic carbocycles. The molecule has 2 nitrogen and oxygen atoms in total. The van der Waals surface area contributed by atoms with Crippen LogP contribution in [-0.2, 0) is 11.3 Å². The molecule has 1 aromatic rings. The molecule has 1 radical (unpaired) electrons. The topological polar surface area (TPSA) is 29.5 Å². The van der Waals surface area contributed by atoms with Gasteiger partial charge in [-0.2, -0.15) is 0 Å². The minimum atomic E-state index is -0.882. The molecule has 0 saturated carbocycles. The molecular weight excluding hydrogens is 226 g/mol. The number of benzene rings is 1. The van der Waals surface area contributed by atoms with Crippen LogP contribution in [0.3, 0.4) is 0 Å². The molecule has 0 aliphatic carbocycles. The van der Waals surface area contributed by atoms with Crippen molar-refractivity contribution in [1.82, 2.24) is 0 Å². The fraction of sp³-hybridized carbons (Fsp3) is 0.462. The Kier molecular flexibility index (Phi) is 5.51. The van der Waals surface area contributed by atoms with Crippen molar-refractivity contribution in [1.29, 1.82) is 0 Å².